The lowest BCUT2D eigenvalue weighted by Crippen LogP contribution is -2.04. The van der Waals surface area contributed by atoms with Crippen LogP contribution in [-0.2, 0) is 6.61 Å². The molecule has 0 N–H and O–H groups in total. The zero-order valence-electron chi connectivity index (χ0n) is 10.7. The Kier molecular flexibility index (Phi) is 4.77. The summed E-state index contributed by atoms with van der Waals surface area (Å²) in [5, 5.41) is 0.451. The van der Waals surface area contributed by atoms with Gasteiger partial charge in [-0.25, -0.2) is 9.97 Å². The Morgan fingerprint density at radius 1 is 1.26 bits per heavy atom. The molecule has 0 aliphatic carbocycles. The van der Waals surface area contributed by atoms with Crippen LogP contribution in [0.2, 0.25) is 5.15 Å². The molecule has 0 radical (unpaired) electrons. The van der Waals surface area contributed by atoms with Gasteiger partial charge < -0.3 is 4.74 Å². The first-order valence-corrected chi connectivity index (χ1v) is 7.13. The second-order valence-corrected chi connectivity index (χ2v) is 5.63. The first kappa shape index (κ1) is 14.3. The molecule has 1 aromatic carbocycles. The van der Waals surface area contributed by atoms with Gasteiger partial charge in [-0.3, -0.25) is 0 Å². The number of nitrogens with zero attached hydrogens (tertiary/aromatic N) is 2. The number of ether oxygens (including phenoxy) is 1. The molecular formula is C14H14BrClN2O. The summed E-state index contributed by atoms with van der Waals surface area (Å²) in [6.45, 7) is 4.51. The number of rotatable bonds is 4. The van der Waals surface area contributed by atoms with E-state index in [1.54, 1.807) is 0 Å². The predicted molar refractivity (Wildman–Crippen MR) is 79.6 cm³/mol. The van der Waals surface area contributed by atoms with Gasteiger partial charge in [0.2, 0.25) is 5.88 Å². The Morgan fingerprint density at radius 3 is 2.68 bits per heavy atom. The van der Waals surface area contributed by atoms with E-state index in [4.69, 9.17) is 16.3 Å². The van der Waals surface area contributed by atoms with Crippen molar-refractivity contribution >= 4 is 27.5 Å². The lowest BCUT2D eigenvalue weighted by Gasteiger charge is -2.13. The molecule has 2 aromatic rings. The molecule has 0 bridgehead atoms. The van der Waals surface area contributed by atoms with Crippen LogP contribution in [0.3, 0.4) is 0 Å². The van der Waals surface area contributed by atoms with Crippen LogP contribution in [0.5, 0.6) is 5.88 Å². The molecule has 0 fully saturated rings. The molecule has 1 heterocycles. The largest absolute Gasteiger partial charge is 0.472 e. The van der Waals surface area contributed by atoms with Crippen molar-refractivity contribution in [1.82, 2.24) is 9.97 Å². The molecule has 0 aliphatic rings. The Hall–Kier alpha value is -1.13. The topological polar surface area (TPSA) is 35.0 Å². The van der Waals surface area contributed by atoms with Gasteiger partial charge >= 0.3 is 0 Å². The van der Waals surface area contributed by atoms with Gasteiger partial charge in [-0.2, -0.15) is 0 Å². The fourth-order valence-electron chi connectivity index (χ4n) is 1.72. The van der Waals surface area contributed by atoms with Crippen LogP contribution in [0.15, 0.2) is 35.1 Å². The maximum atomic E-state index is 6.10. The van der Waals surface area contributed by atoms with E-state index >= 15 is 0 Å². The minimum absolute atomic E-state index is 0.211. The van der Waals surface area contributed by atoms with E-state index in [1.807, 2.05) is 38.1 Å². The first-order chi connectivity index (χ1) is 9.09. The van der Waals surface area contributed by atoms with Crippen LogP contribution < -0.4 is 4.74 Å². The number of hydrogen-bond acceptors (Lipinski definition) is 3. The summed E-state index contributed by atoms with van der Waals surface area (Å²) in [6.07, 6.45) is 1.42. The predicted octanol–water partition coefficient (Wildman–Crippen LogP) is 4.59. The van der Waals surface area contributed by atoms with Crippen molar-refractivity contribution in [2.24, 2.45) is 0 Å². The highest BCUT2D eigenvalue weighted by atomic mass is 79.9. The molecule has 0 amide bonds. The highest BCUT2D eigenvalue weighted by Gasteiger charge is 2.15. The summed E-state index contributed by atoms with van der Waals surface area (Å²) in [5.41, 5.74) is 1.91. The molecule has 100 valence electrons. The van der Waals surface area contributed by atoms with Gasteiger partial charge in [0, 0.05) is 10.0 Å². The van der Waals surface area contributed by atoms with E-state index < -0.39 is 0 Å². The summed E-state index contributed by atoms with van der Waals surface area (Å²) < 4.78 is 6.80. The highest BCUT2D eigenvalue weighted by Crippen LogP contribution is 2.30. The molecule has 0 spiro atoms. The Balaban J connectivity index is 2.21. The van der Waals surface area contributed by atoms with E-state index in [2.05, 4.69) is 25.9 Å². The Bertz CT molecular complexity index is 575. The van der Waals surface area contributed by atoms with E-state index in [-0.39, 0.29) is 5.92 Å². The van der Waals surface area contributed by atoms with Gasteiger partial charge in [-0.1, -0.05) is 59.6 Å². The first-order valence-electron chi connectivity index (χ1n) is 5.96. The van der Waals surface area contributed by atoms with Gasteiger partial charge in [0.1, 0.15) is 18.1 Å². The maximum Gasteiger partial charge on any atom is 0.221 e. The molecule has 3 nitrogen and oxygen atoms in total. The molecule has 0 unspecified atom stereocenters. The normalized spacial score (nSPS) is 10.8. The van der Waals surface area contributed by atoms with Crippen LogP contribution in [0.25, 0.3) is 0 Å². The summed E-state index contributed by atoms with van der Waals surface area (Å²) in [4.78, 5) is 8.17. The Labute approximate surface area is 126 Å². The summed E-state index contributed by atoms with van der Waals surface area (Å²) in [5.74, 6) is 0.758. The third-order valence-electron chi connectivity index (χ3n) is 2.70. The standard InChI is InChI=1S/C14H14BrClN2O/c1-9(2)12-13(16)17-8-18-14(12)19-7-10-5-3-4-6-11(10)15/h3-6,8-9H,7H2,1-2H3. The smallest absolute Gasteiger partial charge is 0.221 e. The minimum Gasteiger partial charge on any atom is -0.472 e. The van der Waals surface area contributed by atoms with Crippen LogP contribution in [-0.4, -0.2) is 9.97 Å². The van der Waals surface area contributed by atoms with E-state index in [0.717, 1.165) is 15.6 Å². The molecule has 0 saturated heterocycles. The van der Waals surface area contributed by atoms with Crippen LogP contribution in [0.1, 0.15) is 30.9 Å². The van der Waals surface area contributed by atoms with Gasteiger partial charge in [-0.05, 0) is 12.0 Å². The van der Waals surface area contributed by atoms with Crippen molar-refractivity contribution in [3.05, 3.63) is 51.3 Å². The van der Waals surface area contributed by atoms with Crippen LogP contribution in [0, 0.1) is 0 Å². The second kappa shape index (κ2) is 6.35. The number of hydrogen-bond donors (Lipinski definition) is 0. The van der Waals surface area contributed by atoms with Crippen molar-refractivity contribution in [2.45, 2.75) is 26.4 Å². The van der Waals surface area contributed by atoms with Gasteiger partial charge in [0.15, 0.2) is 0 Å². The van der Waals surface area contributed by atoms with Crippen LogP contribution >= 0.6 is 27.5 Å². The lowest BCUT2D eigenvalue weighted by molar-refractivity contribution is 0.288. The number of benzene rings is 1. The zero-order valence-corrected chi connectivity index (χ0v) is 13.1. The van der Waals surface area contributed by atoms with Gasteiger partial charge in [0.05, 0.1) is 5.56 Å². The average Bonchev–Trinajstić information content (AvgIpc) is 2.37. The molecule has 19 heavy (non-hydrogen) atoms. The summed E-state index contributed by atoms with van der Waals surface area (Å²) in [6, 6.07) is 7.92. The molecule has 0 saturated carbocycles. The monoisotopic (exact) mass is 340 g/mol. The van der Waals surface area contributed by atoms with Crippen molar-refractivity contribution < 1.29 is 4.74 Å². The molecule has 2 rings (SSSR count). The molecule has 0 atom stereocenters. The minimum atomic E-state index is 0.211. The molecule has 5 heteroatoms. The van der Waals surface area contributed by atoms with Crippen molar-refractivity contribution in [2.75, 3.05) is 0 Å². The highest BCUT2D eigenvalue weighted by molar-refractivity contribution is 9.10. The third-order valence-corrected chi connectivity index (χ3v) is 3.77. The zero-order chi connectivity index (χ0) is 13.8. The summed E-state index contributed by atoms with van der Waals surface area (Å²) in [7, 11) is 0. The van der Waals surface area contributed by atoms with E-state index in [9.17, 15) is 0 Å². The summed E-state index contributed by atoms with van der Waals surface area (Å²) >= 11 is 9.59. The maximum absolute atomic E-state index is 6.10. The fourth-order valence-corrected chi connectivity index (χ4v) is 2.46. The third kappa shape index (κ3) is 3.45. The molecule has 1 aromatic heterocycles. The van der Waals surface area contributed by atoms with E-state index in [0.29, 0.717) is 17.6 Å². The number of halogens is 2. The van der Waals surface area contributed by atoms with Crippen LogP contribution in [0.4, 0.5) is 0 Å². The van der Waals surface area contributed by atoms with E-state index in [1.165, 1.54) is 6.33 Å². The quantitative estimate of drug-likeness (QED) is 0.763. The second-order valence-electron chi connectivity index (χ2n) is 4.42. The SMILES string of the molecule is CC(C)c1c(Cl)ncnc1OCc1ccccc1Br. The van der Waals surface area contributed by atoms with Crippen molar-refractivity contribution in [3.63, 3.8) is 0 Å². The van der Waals surface area contributed by atoms with Crippen molar-refractivity contribution in [1.29, 1.82) is 0 Å². The lowest BCUT2D eigenvalue weighted by atomic mass is 10.1. The fraction of sp³-hybridized carbons (Fsp3) is 0.286. The molecular weight excluding hydrogens is 328 g/mol. The van der Waals surface area contributed by atoms with Crippen molar-refractivity contribution in [3.8, 4) is 5.88 Å². The average molecular weight is 342 g/mol. The van der Waals surface area contributed by atoms with Gasteiger partial charge in [0.25, 0.3) is 0 Å². The van der Waals surface area contributed by atoms with Gasteiger partial charge in [-0.15, -0.1) is 0 Å². The number of aromatic nitrogens is 2. The Morgan fingerprint density at radius 2 is 2.00 bits per heavy atom. The molecule has 0 aliphatic heterocycles.